The molecule has 0 heterocycles. The van der Waals surface area contributed by atoms with Crippen LogP contribution in [0, 0.1) is 0 Å². The zero-order valence-electron chi connectivity index (χ0n) is 14.0. The number of hydrazone groups is 1. The maximum Gasteiger partial charge on any atom is 0.408 e. The molecule has 1 aromatic carbocycles. The molecule has 0 fully saturated rings. The number of nitrogens with zero attached hydrogens (tertiary/aromatic N) is 1. The van der Waals surface area contributed by atoms with E-state index in [0.717, 1.165) is 12.3 Å². The van der Waals surface area contributed by atoms with Gasteiger partial charge in [0.15, 0.2) is 11.5 Å². The highest BCUT2D eigenvalue weighted by atomic mass is 16.6. The van der Waals surface area contributed by atoms with Crippen LogP contribution in [0.5, 0.6) is 17.2 Å². The number of benzene rings is 1. The highest BCUT2D eigenvalue weighted by molar-refractivity contribution is 5.89. The van der Waals surface area contributed by atoms with Gasteiger partial charge in [-0.05, 0) is 32.9 Å². The van der Waals surface area contributed by atoms with Crippen LogP contribution in [-0.4, -0.2) is 56.9 Å². The lowest BCUT2D eigenvalue weighted by atomic mass is 10.2. The van der Waals surface area contributed by atoms with E-state index >= 15 is 0 Å². The largest absolute Gasteiger partial charge is 0.504 e. The van der Waals surface area contributed by atoms with Crippen molar-refractivity contribution < 1.29 is 34.8 Å². The SMILES string of the molecule is CC(C)(C)OC(=O)N[C@@H](CO)C(=O)NN=Cc1ccc(O)c(O)c1O. The molecular formula is C15H21N3O7. The van der Waals surface area contributed by atoms with Crippen LogP contribution in [0.1, 0.15) is 26.3 Å². The van der Waals surface area contributed by atoms with Gasteiger partial charge in [-0.15, -0.1) is 0 Å². The number of ether oxygens (including phenoxy) is 1. The first-order chi connectivity index (χ1) is 11.5. The van der Waals surface area contributed by atoms with Gasteiger partial charge in [0.1, 0.15) is 11.6 Å². The summed E-state index contributed by atoms with van der Waals surface area (Å²) < 4.78 is 4.97. The zero-order valence-corrected chi connectivity index (χ0v) is 14.0. The van der Waals surface area contributed by atoms with E-state index in [0.29, 0.717) is 0 Å². The molecule has 10 nitrogen and oxygen atoms in total. The molecule has 2 amide bonds. The number of aliphatic hydroxyl groups is 1. The third kappa shape index (κ3) is 6.18. The van der Waals surface area contributed by atoms with Gasteiger partial charge in [-0.1, -0.05) is 0 Å². The summed E-state index contributed by atoms with van der Waals surface area (Å²) in [7, 11) is 0. The molecule has 0 aliphatic carbocycles. The monoisotopic (exact) mass is 355 g/mol. The van der Waals surface area contributed by atoms with Crippen molar-refractivity contribution in [3.63, 3.8) is 0 Å². The van der Waals surface area contributed by atoms with Gasteiger partial charge < -0.3 is 30.5 Å². The minimum atomic E-state index is -1.30. The second-order valence-corrected chi connectivity index (χ2v) is 5.99. The molecule has 0 bridgehead atoms. The van der Waals surface area contributed by atoms with Gasteiger partial charge in [0, 0.05) is 5.56 Å². The molecule has 1 rings (SSSR count). The average molecular weight is 355 g/mol. The third-order valence-corrected chi connectivity index (χ3v) is 2.73. The maximum atomic E-state index is 11.9. The predicted octanol–water partition coefficient (Wildman–Crippen LogP) is 0.139. The molecular weight excluding hydrogens is 334 g/mol. The van der Waals surface area contributed by atoms with Crippen molar-refractivity contribution in [2.75, 3.05) is 6.61 Å². The van der Waals surface area contributed by atoms with Crippen LogP contribution >= 0.6 is 0 Å². The number of alkyl carbamates (subject to hydrolysis) is 1. The minimum absolute atomic E-state index is 0.0243. The number of carbonyl (C=O) groups excluding carboxylic acids is 2. The Morgan fingerprint density at radius 2 is 1.88 bits per heavy atom. The van der Waals surface area contributed by atoms with E-state index in [1.807, 2.05) is 0 Å². The first kappa shape index (κ1) is 20.0. The Morgan fingerprint density at radius 1 is 1.24 bits per heavy atom. The van der Waals surface area contributed by atoms with Crippen LogP contribution in [0.15, 0.2) is 17.2 Å². The fourth-order valence-corrected chi connectivity index (χ4v) is 1.58. The number of nitrogens with one attached hydrogen (secondary N) is 2. The first-order valence-electron chi connectivity index (χ1n) is 7.22. The van der Waals surface area contributed by atoms with Crippen molar-refractivity contribution in [3.05, 3.63) is 17.7 Å². The molecule has 1 atom stereocenters. The Bertz CT molecular complexity index is 668. The topological polar surface area (TPSA) is 161 Å². The van der Waals surface area contributed by atoms with Crippen LogP contribution in [0.2, 0.25) is 0 Å². The number of aromatic hydroxyl groups is 3. The standard InChI is InChI=1S/C15H21N3O7/c1-15(2,3)25-14(24)17-9(7-19)13(23)18-16-6-8-4-5-10(20)12(22)11(8)21/h4-6,9,19-22H,7H2,1-3H3,(H,17,24)(H,18,23)/t9-/m0/s1. The molecule has 0 radical (unpaired) electrons. The molecule has 0 aromatic heterocycles. The van der Waals surface area contributed by atoms with Crippen molar-refractivity contribution in [3.8, 4) is 17.2 Å². The van der Waals surface area contributed by atoms with E-state index in [1.54, 1.807) is 20.8 Å². The van der Waals surface area contributed by atoms with Crippen molar-refractivity contribution >= 4 is 18.2 Å². The molecule has 0 saturated heterocycles. The molecule has 10 heteroatoms. The number of hydrogen-bond donors (Lipinski definition) is 6. The molecule has 138 valence electrons. The van der Waals surface area contributed by atoms with Crippen LogP contribution in [0.3, 0.4) is 0 Å². The minimum Gasteiger partial charge on any atom is -0.504 e. The average Bonchev–Trinajstić information content (AvgIpc) is 2.50. The third-order valence-electron chi connectivity index (χ3n) is 2.73. The lowest BCUT2D eigenvalue weighted by molar-refractivity contribution is -0.124. The molecule has 1 aromatic rings. The molecule has 0 unspecified atom stereocenters. The quantitative estimate of drug-likeness (QED) is 0.249. The molecule has 6 N–H and O–H groups in total. The Labute approximate surface area is 143 Å². The van der Waals surface area contributed by atoms with Gasteiger partial charge in [-0.3, -0.25) is 4.79 Å². The fourth-order valence-electron chi connectivity index (χ4n) is 1.58. The van der Waals surface area contributed by atoms with E-state index < -0.39 is 47.5 Å². The molecule has 0 aliphatic rings. The number of rotatable bonds is 5. The Balaban J connectivity index is 2.68. The summed E-state index contributed by atoms with van der Waals surface area (Å²) in [6.07, 6.45) is 0.126. The van der Waals surface area contributed by atoms with Crippen molar-refractivity contribution in [1.82, 2.24) is 10.7 Å². The summed E-state index contributed by atoms with van der Waals surface area (Å²) in [6, 6.07) is 1.08. The normalized spacial score (nSPS) is 12.6. The predicted molar refractivity (Wildman–Crippen MR) is 87.4 cm³/mol. The zero-order chi connectivity index (χ0) is 19.2. The van der Waals surface area contributed by atoms with Gasteiger partial charge in [-0.25, -0.2) is 10.2 Å². The summed E-state index contributed by atoms with van der Waals surface area (Å²) in [4.78, 5) is 23.5. The van der Waals surface area contributed by atoms with Crippen molar-refractivity contribution in [2.45, 2.75) is 32.4 Å². The number of amides is 2. The smallest absolute Gasteiger partial charge is 0.408 e. The first-order valence-corrected chi connectivity index (χ1v) is 7.22. The highest BCUT2D eigenvalue weighted by Crippen LogP contribution is 2.36. The fraction of sp³-hybridized carbons (Fsp3) is 0.400. The number of phenolic OH excluding ortho intramolecular Hbond substituents is 3. The number of aliphatic hydroxyl groups excluding tert-OH is 1. The molecule has 0 aliphatic heterocycles. The lowest BCUT2D eigenvalue weighted by Gasteiger charge is -2.21. The molecule has 25 heavy (non-hydrogen) atoms. The Morgan fingerprint density at radius 3 is 2.44 bits per heavy atom. The number of carbonyl (C=O) groups is 2. The number of hydrogen-bond acceptors (Lipinski definition) is 8. The lowest BCUT2D eigenvalue weighted by Crippen LogP contribution is -2.49. The second kappa shape index (κ2) is 8.20. The van der Waals surface area contributed by atoms with E-state index in [9.17, 15) is 30.0 Å². The van der Waals surface area contributed by atoms with Gasteiger partial charge in [-0.2, -0.15) is 5.10 Å². The Kier molecular flexibility index (Phi) is 6.57. The summed E-state index contributed by atoms with van der Waals surface area (Å²) >= 11 is 0. The molecule has 0 saturated carbocycles. The summed E-state index contributed by atoms with van der Waals surface area (Å²) in [5, 5.41) is 43.1. The summed E-state index contributed by atoms with van der Waals surface area (Å²) in [5.41, 5.74) is 1.31. The van der Waals surface area contributed by atoms with Crippen LogP contribution < -0.4 is 10.7 Å². The summed E-state index contributed by atoms with van der Waals surface area (Å²) in [5.74, 6) is -2.69. The maximum absolute atomic E-state index is 11.9. The van der Waals surface area contributed by atoms with Crippen LogP contribution in [0.4, 0.5) is 4.79 Å². The second-order valence-electron chi connectivity index (χ2n) is 5.99. The van der Waals surface area contributed by atoms with Gasteiger partial charge in [0.25, 0.3) is 5.91 Å². The van der Waals surface area contributed by atoms with Gasteiger partial charge in [0.05, 0.1) is 12.8 Å². The molecule has 0 spiro atoms. The van der Waals surface area contributed by atoms with Crippen LogP contribution in [-0.2, 0) is 9.53 Å². The van der Waals surface area contributed by atoms with E-state index in [4.69, 9.17) is 4.74 Å². The van der Waals surface area contributed by atoms with E-state index in [1.165, 1.54) is 6.07 Å². The van der Waals surface area contributed by atoms with E-state index in [2.05, 4.69) is 15.8 Å². The van der Waals surface area contributed by atoms with E-state index in [-0.39, 0.29) is 5.56 Å². The van der Waals surface area contributed by atoms with Gasteiger partial charge >= 0.3 is 6.09 Å². The van der Waals surface area contributed by atoms with Crippen molar-refractivity contribution in [2.24, 2.45) is 5.10 Å². The van der Waals surface area contributed by atoms with Gasteiger partial charge in [0.2, 0.25) is 5.75 Å². The highest BCUT2D eigenvalue weighted by Gasteiger charge is 2.23. The number of phenols is 3. The Hall–Kier alpha value is -3.01. The van der Waals surface area contributed by atoms with Crippen molar-refractivity contribution in [1.29, 1.82) is 0 Å². The summed E-state index contributed by atoms with van der Waals surface area (Å²) in [6.45, 7) is 4.24. The van der Waals surface area contributed by atoms with Crippen LogP contribution in [0.25, 0.3) is 0 Å².